The van der Waals surface area contributed by atoms with Gasteiger partial charge in [0.2, 0.25) is 0 Å². The van der Waals surface area contributed by atoms with E-state index in [2.05, 4.69) is 13.8 Å². The minimum absolute atomic E-state index is 0.309. The Hall–Kier alpha value is -1.77. The number of rotatable bonds is 5. The highest BCUT2D eigenvalue weighted by molar-refractivity contribution is 5.64. The third kappa shape index (κ3) is 4.31. The largest absolute Gasteiger partial charge is 0.206 e. The standard InChI is InChI=1S/C23H27F3/c1-3-16-4-7-18(8-5-16)15(2)12-17-6-10-20(22(25)13-17)19-9-11-21(24)23(26)14-19/h6,9-11,13-16,18H,3-5,7-8,12H2,1-2H3. The Morgan fingerprint density at radius 1 is 0.885 bits per heavy atom. The summed E-state index contributed by atoms with van der Waals surface area (Å²) in [7, 11) is 0. The maximum absolute atomic E-state index is 14.5. The molecule has 2 aromatic carbocycles. The van der Waals surface area contributed by atoms with E-state index in [0.717, 1.165) is 30.0 Å². The smallest absolute Gasteiger partial charge is 0.159 e. The Labute approximate surface area is 154 Å². The first kappa shape index (κ1) is 19.0. The van der Waals surface area contributed by atoms with Crippen LogP contribution >= 0.6 is 0 Å². The first-order chi connectivity index (χ1) is 12.5. The van der Waals surface area contributed by atoms with Crippen molar-refractivity contribution in [3.8, 4) is 11.1 Å². The van der Waals surface area contributed by atoms with Crippen LogP contribution in [-0.2, 0) is 6.42 Å². The second-order valence-corrected chi connectivity index (χ2v) is 7.81. The van der Waals surface area contributed by atoms with E-state index in [1.54, 1.807) is 12.1 Å². The van der Waals surface area contributed by atoms with Gasteiger partial charge in [0, 0.05) is 5.56 Å². The molecule has 3 heteroatoms. The molecule has 1 unspecified atom stereocenters. The molecule has 1 aliphatic carbocycles. The Morgan fingerprint density at radius 3 is 2.23 bits per heavy atom. The van der Waals surface area contributed by atoms with E-state index in [9.17, 15) is 13.2 Å². The lowest BCUT2D eigenvalue weighted by atomic mass is 9.74. The van der Waals surface area contributed by atoms with Crippen LogP contribution in [0.1, 0.15) is 51.5 Å². The molecule has 1 fully saturated rings. The highest BCUT2D eigenvalue weighted by Gasteiger charge is 2.24. The first-order valence-corrected chi connectivity index (χ1v) is 9.71. The maximum atomic E-state index is 14.5. The Morgan fingerprint density at radius 2 is 1.62 bits per heavy atom. The Balaban J connectivity index is 1.68. The summed E-state index contributed by atoms with van der Waals surface area (Å²) in [5.41, 5.74) is 1.64. The molecule has 0 heterocycles. The van der Waals surface area contributed by atoms with Crippen molar-refractivity contribution in [2.75, 3.05) is 0 Å². The van der Waals surface area contributed by atoms with E-state index in [1.807, 2.05) is 6.07 Å². The summed E-state index contributed by atoms with van der Waals surface area (Å²) in [4.78, 5) is 0. The monoisotopic (exact) mass is 360 g/mol. The average molecular weight is 360 g/mol. The molecule has 0 bridgehead atoms. The molecule has 3 rings (SSSR count). The normalized spacial score (nSPS) is 21.6. The quantitative estimate of drug-likeness (QED) is 0.530. The highest BCUT2D eigenvalue weighted by Crippen LogP contribution is 2.36. The molecular formula is C23H27F3. The van der Waals surface area contributed by atoms with E-state index < -0.39 is 11.6 Å². The van der Waals surface area contributed by atoms with Gasteiger partial charge < -0.3 is 0 Å². The fraction of sp³-hybridized carbons (Fsp3) is 0.478. The van der Waals surface area contributed by atoms with Gasteiger partial charge in [-0.15, -0.1) is 0 Å². The van der Waals surface area contributed by atoms with Gasteiger partial charge in [0.05, 0.1) is 0 Å². The van der Waals surface area contributed by atoms with Gasteiger partial charge in [-0.3, -0.25) is 0 Å². The lowest BCUT2D eigenvalue weighted by Crippen LogP contribution is -2.21. The molecule has 0 spiro atoms. The van der Waals surface area contributed by atoms with Crippen LogP contribution in [0.3, 0.4) is 0 Å². The van der Waals surface area contributed by atoms with Crippen molar-refractivity contribution in [1.82, 2.24) is 0 Å². The number of hydrogen-bond acceptors (Lipinski definition) is 0. The van der Waals surface area contributed by atoms with Gasteiger partial charge in [0.1, 0.15) is 5.82 Å². The van der Waals surface area contributed by atoms with Gasteiger partial charge >= 0.3 is 0 Å². The van der Waals surface area contributed by atoms with Crippen molar-refractivity contribution in [3.63, 3.8) is 0 Å². The van der Waals surface area contributed by atoms with Crippen molar-refractivity contribution in [2.24, 2.45) is 17.8 Å². The number of halogens is 3. The predicted molar refractivity (Wildman–Crippen MR) is 100 cm³/mol. The van der Waals surface area contributed by atoms with Crippen molar-refractivity contribution < 1.29 is 13.2 Å². The van der Waals surface area contributed by atoms with Gasteiger partial charge in [0.25, 0.3) is 0 Å². The first-order valence-electron chi connectivity index (χ1n) is 9.71. The van der Waals surface area contributed by atoms with Crippen LogP contribution in [0.2, 0.25) is 0 Å². The van der Waals surface area contributed by atoms with Crippen molar-refractivity contribution in [2.45, 2.75) is 52.4 Å². The SMILES string of the molecule is CCC1CCC(C(C)Cc2ccc(-c3ccc(F)c(F)c3)c(F)c2)CC1. The molecule has 26 heavy (non-hydrogen) atoms. The summed E-state index contributed by atoms with van der Waals surface area (Å²) in [5, 5.41) is 0. The van der Waals surface area contributed by atoms with Gasteiger partial charge in [-0.25, -0.2) is 13.2 Å². The van der Waals surface area contributed by atoms with Crippen LogP contribution in [0.4, 0.5) is 13.2 Å². The molecule has 0 aliphatic heterocycles. The highest BCUT2D eigenvalue weighted by atomic mass is 19.2. The molecule has 1 atom stereocenters. The zero-order valence-electron chi connectivity index (χ0n) is 15.6. The second-order valence-electron chi connectivity index (χ2n) is 7.81. The topological polar surface area (TPSA) is 0 Å². The van der Waals surface area contributed by atoms with Crippen molar-refractivity contribution >= 4 is 0 Å². The van der Waals surface area contributed by atoms with Crippen LogP contribution in [-0.4, -0.2) is 0 Å². The van der Waals surface area contributed by atoms with Crippen molar-refractivity contribution in [1.29, 1.82) is 0 Å². The molecular weight excluding hydrogens is 333 g/mol. The summed E-state index contributed by atoms with van der Waals surface area (Å²) in [5.74, 6) is -0.130. The van der Waals surface area contributed by atoms with Crippen LogP contribution < -0.4 is 0 Å². The number of hydrogen-bond donors (Lipinski definition) is 0. The van der Waals surface area contributed by atoms with Gasteiger partial charge in [-0.1, -0.05) is 51.3 Å². The van der Waals surface area contributed by atoms with E-state index in [0.29, 0.717) is 23.0 Å². The minimum Gasteiger partial charge on any atom is -0.206 e. The van der Waals surface area contributed by atoms with E-state index >= 15 is 0 Å². The molecule has 1 aliphatic rings. The molecule has 0 N–H and O–H groups in total. The molecule has 0 nitrogen and oxygen atoms in total. The molecule has 0 saturated heterocycles. The Kier molecular flexibility index (Phi) is 6.05. The third-order valence-electron chi connectivity index (χ3n) is 6.10. The van der Waals surface area contributed by atoms with E-state index in [4.69, 9.17) is 0 Å². The van der Waals surface area contributed by atoms with Crippen molar-refractivity contribution in [3.05, 3.63) is 59.4 Å². The molecule has 0 radical (unpaired) electrons. The summed E-state index contributed by atoms with van der Waals surface area (Å²) < 4.78 is 41.0. The van der Waals surface area contributed by atoms with E-state index in [-0.39, 0.29) is 5.82 Å². The second kappa shape index (κ2) is 8.28. The van der Waals surface area contributed by atoms with Crippen LogP contribution in [0.5, 0.6) is 0 Å². The van der Waals surface area contributed by atoms with Gasteiger partial charge in [-0.2, -0.15) is 0 Å². The lowest BCUT2D eigenvalue weighted by Gasteiger charge is -2.32. The molecule has 1 saturated carbocycles. The fourth-order valence-corrected chi connectivity index (χ4v) is 4.29. The van der Waals surface area contributed by atoms with E-state index in [1.165, 1.54) is 38.2 Å². The summed E-state index contributed by atoms with van der Waals surface area (Å²) in [6, 6.07) is 8.62. The number of benzene rings is 2. The zero-order valence-corrected chi connectivity index (χ0v) is 15.6. The minimum atomic E-state index is -0.956. The van der Waals surface area contributed by atoms with Crippen LogP contribution in [0.25, 0.3) is 11.1 Å². The zero-order chi connectivity index (χ0) is 18.7. The van der Waals surface area contributed by atoms with Gasteiger partial charge in [-0.05, 0) is 66.3 Å². The lowest BCUT2D eigenvalue weighted by molar-refractivity contribution is 0.210. The van der Waals surface area contributed by atoms with Gasteiger partial charge in [0.15, 0.2) is 11.6 Å². The molecule has 2 aromatic rings. The third-order valence-corrected chi connectivity index (χ3v) is 6.10. The molecule has 0 aromatic heterocycles. The summed E-state index contributed by atoms with van der Waals surface area (Å²) in [6.07, 6.45) is 7.31. The summed E-state index contributed by atoms with van der Waals surface area (Å²) >= 11 is 0. The maximum Gasteiger partial charge on any atom is 0.159 e. The average Bonchev–Trinajstić information content (AvgIpc) is 2.64. The summed E-state index contributed by atoms with van der Waals surface area (Å²) in [6.45, 7) is 4.53. The fourth-order valence-electron chi connectivity index (χ4n) is 4.29. The molecule has 140 valence electrons. The van der Waals surface area contributed by atoms with Crippen LogP contribution in [0.15, 0.2) is 36.4 Å². The predicted octanol–water partition coefficient (Wildman–Crippen LogP) is 7.17. The van der Waals surface area contributed by atoms with Crippen LogP contribution in [0, 0.1) is 35.2 Å². The Bertz CT molecular complexity index is 745. The molecule has 0 amide bonds.